The first kappa shape index (κ1) is 24.8. The number of methoxy groups -OCH3 is 1. The van der Waals surface area contributed by atoms with Gasteiger partial charge in [-0.2, -0.15) is 0 Å². The van der Waals surface area contributed by atoms with Crippen LogP contribution in [0.3, 0.4) is 0 Å². The van der Waals surface area contributed by atoms with Gasteiger partial charge in [0.2, 0.25) is 5.90 Å². The molecular formula is C25H25N3O8S. The normalized spacial score (nSPS) is 19.2. The number of H-pyrrole nitrogens is 1. The molecule has 194 valence electrons. The van der Waals surface area contributed by atoms with Gasteiger partial charge in [-0.05, 0) is 36.4 Å². The Bertz CT molecular complexity index is 1430. The average molecular weight is 528 g/mol. The molecule has 2 aliphatic rings. The van der Waals surface area contributed by atoms with E-state index >= 15 is 0 Å². The minimum Gasteiger partial charge on any atom is -0.488 e. The zero-order valence-electron chi connectivity index (χ0n) is 20.2. The maximum absolute atomic E-state index is 11.8. The van der Waals surface area contributed by atoms with Crippen LogP contribution in [0.2, 0.25) is 0 Å². The summed E-state index contributed by atoms with van der Waals surface area (Å²) in [5.74, 6) is 1.29. The van der Waals surface area contributed by atoms with Crippen LogP contribution in [-0.2, 0) is 28.8 Å². The molecule has 0 aliphatic carbocycles. The van der Waals surface area contributed by atoms with E-state index in [2.05, 4.69) is 15.0 Å². The Balaban J connectivity index is 1.43. The number of hydrogen-bond acceptors (Lipinski definition) is 10. The van der Waals surface area contributed by atoms with E-state index in [4.69, 9.17) is 23.7 Å². The fourth-order valence-electron chi connectivity index (χ4n) is 3.90. The van der Waals surface area contributed by atoms with Gasteiger partial charge in [0.1, 0.15) is 35.7 Å². The SMILES string of the molecule is COC(=O)[C@@H]1COC(c2ccc(-c3cc(Oc4ccc(S(C)(=O)=O)nc4)cc(O[C@H]4CCOC4)c3)[nH]2)=N1. The summed E-state index contributed by atoms with van der Waals surface area (Å²) in [6.07, 6.45) is 3.16. The zero-order valence-corrected chi connectivity index (χ0v) is 21.0. The Hall–Kier alpha value is -3.90. The van der Waals surface area contributed by atoms with Crippen molar-refractivity contribution < 1.29 is 36.9 Å². The fourth-order valence-corrected chi connectivity index (χ4v) is 4.46. The van der Waals surface area contributed by atoms with Gasteiger partial charge in [-0.15, -0.1) is 0 Å². The Labute approximate surface area is 213 Å². The van der Waals surface area contributed by atoms with Gasteiger partial charge in [-0.3, -0.25) is 0 Å². The van der Waals surface area contributed by atoms with Crippen LogP contribution in [0, 0.1) is 0 Å². The van der Waals surface area contributed by atoms with E-state index < -0.39 is 21.8 Å². The lowest BCUT2D eigenvalue weighted by molar-refractivity contribution is -0.142. The third-order valence-electron chi connectivity index (χ3n) is 5.75. The van der Waals surface area contributed by atoms with Crippen molar-refractivity contribution in [2.24, 2.45) is 4.99 Å². The van der Waals surface area contributed by atoms with E-state index in [1.807, 2.05) is 18.2 Å². The largest absolute Gasteiger partial charge is 0.488 e. The number of carbonyl (C=O) groups excluding carboxylic acids is 1. The molecule has 2 aromatic heterocycles. The Morgan fingerprint density at radius 3 is 2.57 bits per heavy atom. The first-order valence-electron chi connectivity index (χ1n) is 11.5. The first-order chi connectivity index (χ1) is 17.8. The summed E-state index contributed by atoms with van der Waals surface area (Å²) in [6, 6.07) is 11.3. The second kappa shape index (κ2) is 10.2. The highest BCUT2D eigenvalue weighted by Gasteiger charge is 2.28. The lowest BCUT2D eigenvalue weighted by Gasteiger charge is -2.15. The van der Waals surface area contributed by atoms with Crippen LogP contribution in [0.5, 0.6) is 17.2 Å². The summed E-state index contributed by atoms with van der Waals surface area (Å²) in [5, 5.41) is -0.0377. The highest BCUT2D eigenvalue weighted by atomic mass is 32.2. The molecule has 37 heavy (non-hydrogen) atoms. The van der Waals surface area contributed by atoms with Crippen LogP contribution in [-0.4, -0.2) is 75.6 Å². The average Bonchev–Trinajstić information content (AvgIpc) is 3.65. The zero-order chi connectivity index (χ0) is 26.0. The molecule has 12 heteroatoms. The van der Waals surface area contributed by atoms with E-state index in [0.717, 1.165) is 23.9 Å². The molecule has 0 spiro atoms. The monoisotopic (exact) mass is 527 g/mol. The number of aliphatic imine (C=N–C) groups is 1. The van der Waals surface area contributed by atoms with Gasteiger partial charge in [0.25, 0.3) is 0 Å². The van der Waals surface area contributed by atoms with Crippen molar-refractivity contribution in [2.45, 2.75) is 23.6 Å². The summed E-state index contributed by atoms with van der Waals surface area (Å²) in [4.78, 5) is 23.3. The van der Waals surface area contributed by atoms with Gasteiger partial charge in [0.15, 0.2) is 20.9 Å². The number of carbonyl (C=O) groups is 1. The molecule has 0 unspecified atom stereocenters. The number of ether oxygens (including phenoxy) is 5. The number of pyridine rings is 1. The quantitative estimate of drug-likeness (QED) is 0.438. The minimum atomic E-state index is -3.42. The minimum absolute atomic E-state index is 0.0377. The molecule has 0 bridgehead atoms. The maximum atomic E-state index is 11.8. The van der Waals surface area contributed by atoms with Gasteiger partial charge in [0.05, 0.1) is 26.5 Å². The molecule has 3 aromatic rings. The molecule has 0 radical (unpaired) electrons. The number of nitrogens with one attached hydrogen (secondary N) is 1. The molecule has 11 nitrogen and oxygen atoms in total. The van der Waals surface area contributed by atoms with Crippen LogP contribution in [0.1, 0.15) is 12.1 Å². The second-order valence-corrected chi connectivity index (χ2v) is 10.5. The van der Waals surface area contributed by atoms with E-state index in [-0.39, 0.29) is 17.7 Å². The van der Waals surface area contributed by atoms with Crippen LogP contribution < -0.4 is 9.47 Å². The number of aromatic nitrogens is 2. The number of rotatable bonds is 8. The number of nitrogens with zero attached hydrogens (tertiary/aromatic N) is 2. The molecule has 4 heterocycles. The van der Waals surface area contributed by atoms with Crippen LogP contribution in [0.15, 0.2) is 58.7 Å². The smallest absolute Gasteiger partial charge is 0.334 e. The van der Waals surface area contributed by atoms with Crippen molar-refractivity contribution in [1.29, 1.82) is 0 Å². The molecule has 1 N–H and O–H groups in total. The molecule has 0 amide bonds. The molecule has 1 fully saturated rings. The predicted molar refractivity (Wildman–Crippen MR) is 132 cm³/mol. The number of hydrogen-bond donors (Lipinski definition) is 1. The highest BCUT2D eigenvalue weighted by molar-refractivity contribution is 7.90. The Morgan fingerprint density at radius 1 is 1.05 bits per heavy atom. The van der Waals surface area contributed by atoms with E-state index in [9.17, 15) is 13.2 Å². The molecule has 5 rings (SSSR count). The third-order valence-corrected chi connectivity index (χ3v) is 6.75. The maximum Gasteiger partial charge on any atom is 0.334 e. The topological polar surface area (TPSA) is 138 Å². The van der Waals surface area contributed by atoms with E-state index in [0.29, 0.717) is 42.1 Å². The van der Waals surface area contributed by atoms with E-state index in [1.165, 1.54) is 19.4 Å². The molecule has 0 saturated carbocycles. The number of aromatic amines is 1. The second-order valence-electron chi connectivity index (χ2n) is 8.57. The summed E-state index contributed by atoms with van der Waals surface area (Å²) < 4.78 is 51.3. The number of sulfone groups is 1. The Kier molecular flexibility index (Phi) is 6.85. The van der Waals surface area contributed by atoms with Crippen LogP contribution >= 0.6 is 0 Å². The lowest BCUT2D eigenvalue weighted by atomic mass is 10.1. The van der Waals surface area contributed by atoms with Gasteiger partial charge in [-0.25, -0.2) is 23.2 Å². The van der Waals surface area contributed by atoms with Gasteiger partial charge < -0.3 is 28.7 Å². The summed E-state index contributed by atoms with van der Waals surface area (Å²) >= 11 is 0. The summed E-state index contributed by atoms with van der Waals surface area (Å²) in [6.45, 7) is 1.26. The van der Waals surface area contributed by atoms with Crippen LogP contribution in [0.4, 0.5) is 0 Å². The van der Waals surface area contributed by atoms with Crippen LogP contribution in [0.25, 0.3) is 11.3 Å². The molecule has 2 aliphatic heterocycles. The highest BCUT2D eigenvalue weighted by Crippen LogP contribution is 2.33. The van der Waals surface area contributed by atoms with E-state index in [1.54, 1.807) is 18.2 Å². The molecule has 2 atom stereocenters. The van der Waals surface area contributed by atoms with Gasteiger partial charge >= 0.3 is 5.97 Å². The summed E-state index contributed by atoms with van der Waals surface area (Å²) in [7, 11) is -2.11. The van der Waals surface area contributed by atoms with Crippen molar-refractivity contribution in [3.8, 4) is 28.5 Å². The van der Waals surface area contributed by atoms with Gasteiger partial charge in [-0.1, -0.05) is 0 Å². The standard InChI is InChI=1S/C25H25N3O8S/c1-32-25(29)22-14-34-24(28-22)21-5-4-20(27-21)15-9-18(11-19(10-15)36-17-7-8-33-13-17)35-16-3-6-23(26-12-16)37(2,30)31/h3-6,9-12,17,22,27H,7-8,13-14H2,1-2H3/t17-,22-/m0/s1. The van der Waals surface area contributed by atoms with Crippen molar-refractivity contribution in [3.63, 3.8) is 0 Å². The predicted octanol–water partition coefficient (Wildman–Crippen LogP) is 2.76. The number of benzene rings is 1. The third kappa shape index (κ3) is 5.75. The summed E-state index contributed by atoms with van der Waals surface area (Å²) in [5.41, 5.74) is 2.12. The van der Waals surface area contributed by atoms with Gasteiger partial charge in [0, 0.05) is 30.0 Å². The fraction of sp³-hybridized carbons (Fsp3) is 0.320. The first-order valence-corrected chi connectivity index (χ1v) is 13.4. The number of esters is 1. The van der Waals surface area contributed by atoms with Crippen molar-refractivity contribution in [1.82, 2.24) is 9.97 Å². The molecular weight excluding hydrogens is 502 g/mol. The van der Waals surface area contributed by atoms with Crippen molar-refractivity contribution in [3.05, 3.63) is 54.4 Å². The Morgan fingerprint density at radius 2 is 1.86 bits per heavy atom. The van der Waals surface area contributed by atoms with Crippen molar-refractivity contribution in [2.75, 3.05) is 33.2 Å². The van der Waals surface area contributed by atoms with Crippen molar-refractivity contribution >= 4 is 21.7 Å². The molecule has 1 aromatic carbocycles. The molecule has 1 saturated heterocycles. The lowest BCUT2D eigenvalue weighted by Crippen LogP contribution is -2.21.